The number of aliphatic hydroxyl groups excluding tert-OH is 1. The molecule has 1 aromatic rings. The Balaban J connectivity index is 1.88. The van der Waals surface area contributed by atoms with E-state index < -0.39 is 41.1 Å². The lowest BCUT2D eigenvalue weighted by molar-refractivity contribution is -0.162. The molecule has 1 N–H and O–H groups in total. The van der Waals surface area contributed by atoms with Crippen molar-refractivity contribution in [2.75, 3.05) is 24.7 Å². The number of carbonyl (C=O) groups excluding carboxylic acids is 3. The predicted octanol–water partition coefficient (Wildman–Crippen LogP) is 4.36. The Morgan fingerprint density at radius 3 is 2.59 bits per heavy atom. The fourth-order valence-electron chi connectivity index (χ4n) is 7.45. The number of aliphatic hydroxyl groups is 1. The highest BCUT2D eigenvalue weighted by molar-refractivity contribution is 6.05. The second-order valence-electron chi connectivity index (χ2n) is 12.7. The van der Waals surface area contributed by atoms with Crippen LogP contribution in [0.5, 0.6) is 0 Å². The predicted molar refractivity (Wildman–Crippen MR) is 158 cm³/mol. The average molecular weight is 567 g/mol. The maximum Gasteiger partial charge on any atom is 0.312 e. The lowest BCUT2D eigenvalue weighted by Gasteiger charge is -2.40. The number of likely N-dealkylation sites (tertiary alicyclic amines) is 1. The quantitative estimate of drug-likeness (QED) is 0.230. The number of ether oxygens (including phenoxy) is 2. The third-order valence-corrected chi connectivity index (χ3v) is 9.39. The Labute approximate surface area is 244 Å². The molecule has 224 valence electrons. The van der Waals surface area contributed by atoms with Crippen molar-refractivity contribution in [3.05, 3.63) is 54.6 Å². The largest absolute Gasteiger partial charge is 0.465 e. The molecule has 0 aliphatic carbocycles. The highest BCUT2D eigenvalue weighted by Gasteiger charge is 2.80. The molecule has 0 radical (unpaired) electrons. The number of aryl methyl sites for hydroxylation is 2. The molecule has 1 aromatic carbocycles. The van der Waals surface area contributed by atoms with Gasteiger partial charge in [0.25, 0.3) is 5.91 Å². The number of carbonyl (C=O) groups is 3. The zero-order chi connectivity index (χ0) is 30.3. The van der Waals surface area contributed by atoms with Gasteiger partial charge in [-0.15, -0.1) is 13.2 Å². The highest BCUT2D eigenvalue weighted by Crippen LogP contribution is 2.66. The SMILES string of the molecule is C=CCCOC(=O)[C@@H]1[C@H]2C(=O)N([C@@H](CO)CC(C)C)C(C(=O)N(CC=C)c3cc(C)ccc3C)C23CC(C)[C@@]1(C)O3. The van der Waals surface area contributed by atoms with Crippen LogP contribution >= 0.6 is 0 Å². The topological polar surface area (TPSA) is 96.4 Å². The van der Waals surface area contributed by atoms with E-state index >= 15 is 0 Å². The zero-order valence-corrected chi connectivity index (χ0v) is 25.4. The van der Waals surface area contributed by atoms with Crippen molar-refractivity contribution in [1.29, 1.82) is 0 Å². The van der Waals surface area contributed by atoms with Gasteiger partial charge < -0.3 is 24.4 Å². The molecular formula is C33H46N2O6. The molecule has 3 fully saturated rings. The van der Waals surface area contributed by atoms with Crippen molar-refractivity contribution in [2.24, 2.45) is 23.7 Å². The summed E-state index contributed by atoms with van der Waals surface area (Å²) in [5.74, 6) is -2.82. The molecule has 0 saturated carbocycles. The van der Waals surface area contributed by atoms with E-state index in [0.29, 0.717) is 19.3 Å². The van der Waals surface area contributed by atoms with Crippen LogP contribution in [-0.4, -0.2) is 70.8 Å². The number of amides is 2. The molecule has 3 heterocycles. The van der Waals surface area contributed by atoms with Gasteiger partial charge in [0.05, 0.1) is 30.8 Å². The number of nitrogens with zero attached hydrogens (tertiary/aromatic N) is 2. The minimum Gasteiger partial charge on any atom is -0.465 e. The fraction of sp³-hybridized carbons (Fsp3) is 0.606. The van der Waals surface area contributed by atoms with Gasteiger partial charge in [0.2, 0.25) is 5.91 Å². The van der Waals surface area contributed by atoms with Crippen LogP contribution in [0.4, 0.5) is 5.69 Å². The lowest BCUT2D eigenvalue weighted by Crippen LogP contribution is -2.59. The molecule has 8 nitrogen and oxygen atoms in total. The number of fused-ring (bicyclic) bond motifs is 1. The molecule has 4 rings (SSSR count). The Morgan fingerprint density at radius 1 is 1.27 bits per heavy atom. The summed E-state index contributed by atoms with van der Waals surface area (Å²) in [6.45, 7) is 19.5. The molecule has 1 spiro atoms. The van der Waals surface area contributed by atoms with Crippen molar-refractivity contribution in [1.82, 2.24) is 4.90 Å². The smallest absolute Gasteiger partial charge is 0.312 e. The summed E-state index contributed by atoms with van der Waals surface area (Å²) in [4.78, 5) is 46.2. The summed E-state index contributed by atoms with van der Waals surface area (Å²) in [5.41, 5.74) is 0.450. The molecule has 2 bridgehead atoms. The second kappa shape index (κ2) is 11.7. The maximum absolute atomic E-state index is 14.9. The van der Waals surface area contributed by atoms with Gasteiger partial charge in [-0.3, -0.25) is 14.4 Å². The fourth-order valence-corrected chi connectivity index (χ4v) is 7.45. The van der Waals surface area contributed by atoms with Crippen molar-refractivity contribution in [2.45, 2.75) is 84.1 Å². The van der Waals surface area contributed by atoms with E-state index in [1.165, 1.54) is 0 Å². The lowest BCUT2D eigenvalue weighted by atomic mass is 9.62. The van der Waals surface area contributed by atoms with Gasteiger partial charge in [-0.05, 0) is 69.1 Å². The minimum atomic E-state index is -1.23. The van der Waals surface area contributed by atoms with Gasteiger partial charge in [0.1, 0.15) is 17.6 Å². The second-order valence-corrected chi connectivity index (χ2v) is 12.7. The molecule has 8 heteroatoms. The summed E-state index contributed by atoms with van der Waals surface area (Å²) in [6, 6.07) is 4.29. The number of hydrogen-bond acceptors (Lipinski definition) is 6. The third-order valence-electron chi connectivity index (χ3n) is 9.39. The maximum atomic E-state index is 14.9. The van der Waals surface area contributed by atoms with E-state index in [1.807, 2.05) is 59.7 Å². The van der Waals surface area contributed by atoms with Gasteiger partial charge in [0, 0.05) is 12.2 Å². The molecule has 7 atom stereocenters. The number of rotatable bonds is 12. The van der Waals surface area contributed by atoms with Gasteiger partial charge in [-0.25, -0.2) is 0 Å². The molecule has 2 amide bonds. The van der Waals surface area contributed by atoms with Crippen LogP contribution in [0.2, 0.25) is 0 Å². The molecule has 3 saturated heterocycles. The molecule has 3 unspecified atom stereocenters. The van der Waals surface area contributed by atoms with E-state index in [0.717, 1.165) is 16.8 Å². The van der Waals surface area contributed by atoms with E-state index in [1.54, 1.807) is 22.0 Å². The number of hydrogen-bond donors (Lipinski definition) is 1. The van der Waals surface area contributed by atoms with Gasteiger partial charge in [0.15, 0.2) is 0 Å². The van der Waals surface area contributed by atoms with Crippen molar-refractivity contribution in [3.8, 4) is 0 Å². The first-order valence-electron chi connectivity index (χ1n) is 14.8. The third kappa shape index (κ3) is 5.03. The molecule has 3 aliphatic rings. The van der Waals surface area contributed by atoms with Crippen LogP contribution < -0.4 is 4.90 Å². The first-order valence-corrected chi connectivity index (χ1v) is 14.8. The van der Waals surface area contributed by atoms with Crippen LogP contribution in [0, 0.1) is 37.5 Å². The molecular weight excluding hydrogens is 520 g/mol. The van der Waals surface area contributed by atoms with Crippen LogP contribution in [0.3, 0.4) is 0 Å². The summed E-state index contributed by atoms with van der Waals surface area (Å²) >= 11 is 0. The Morgan fingerprint density at radius 2 is 1.98 bits per heavy atom. The summed E-state index contributed by atoms with van der Waals surface area (Å²) in [5, 5.41) is 10.6. The van der Waals surface area contributed by atoms with E-state index in [2.05, 4.69) is 13.2 Å². The van der Waals surface area contributed by atoms with Crippen molar-refractivity contribution in [3.63, 3.8) is 0 Å². The van der Waals surface area contributed by atoms with Crippen LogP contribution in [0.1, 0.15) is 58.1 Å². The van der Waals surface area contributed by atoms with Crippen LogP contribution in [0.25, 0.3) is 0 Å². The number of benzene rings is 1. The molecule has 41 heavy (non-hydrogen) atoms. The standard InChI is InChI=1S/C33H46N2O6/c1-9-11-15-40-31(39)27-26-29(37)35(24(19-36)16-20(3)4)28(33(26)18-23(7)32(27,8)41-33)30(38)34(14-10-2)25-17-21(5)12-13-22(25)6/h9-10,12-13,17,20,23-24,26-28,36H,1-2,11,14-16,18-19H2,3-8H3/t23?,24-,26+,27+,28?,32-,33?/m1/s1. The Bertz CT molecular complexity index is 1210. The van der Waals surface area contributed by atoms with Crippen molar-refractivity contribution < 1.29 is 29.0 Å². The molecule has 3 aliphatic heterocycles. The van der Waals surface area contributed by atoms with Crippen molar-refractivity contribution >= 4 is 23.5 Å². The summed E-state index contributed by atoms with van der Waals surface area (Å²) < 4.78 is 12.5. The van der Waals surface area contributed by atoms with Gasteiger partial charge >= 0.3 is 5.97 Å². The van der Waals surface area contributed by atoms with Crippen LogP contribution in [-0.2, 0) is 23.9 Å². The number of anilines is 1. The Hall–Kier alpha value is -2.97. The van der Waals surface area contributed by atoms with Gasteiger partial charge in [-0.2, -0.15) is 0 Å². The summed E-state index contributed by atoms with van der Waals surface area (Å²) in [7, 11) is 0. The highest BCUT2D eigenvalue weighted by atomic mass is 16.6. The number of esters is 1. The van der Waals surface area contributed by atoms with E-state index in [4.69, 9.17) is 9.47 Å². The Kier molecular flexibility index (Phi) is 8.86. The normalized spacial score (nSPS) is 30.8. The van der Waals surface area contributed by atoms with E-state index in [9.17, 15) is 19.5 Å². The zero-order valence-electron chi connectivity index (χ0n) is 25.4. The monoisotopic (exact) mass is 566 g/mol. The van der Waals surface area contributed by atoms with Crippen LogP contribution in [0.15, 0.2) is 43.5 Å². The first kappa shape index (κ1) is 31.0. The van der Waals surface area contributed by atoms with Gasteiger partial charge in [-0.1, -0.05) is 45.1 Å². The minimum absolute atomic E-state index is 0.106. The molecule has 0 aromatic heterocycles. The first-order chi connectivity index (χ1) is 19.4. The summed E-state index contributed by atoms with van der Waals surface area (Å²) in [6.07, 6.45) is 4.78. The van der Waals surface area contributed by atoms with E-state index in [-0.39, 0.29) is 43.4 Å². The average Bonchev–Trinajstić information content (AvgIpc) is 3.43.